The maximum atomic E-state index is 3.38. The van der Waals surface area contributed by atoms with E-state index >= 15 is 0 Å². The van der Waals surface area contributed by atoms with E-state index in [1.165, 1.54) is 0 Å². The topological polar surface area (TPSA) is 0 Å². The Kier molecular flexibility index (Phi) is 256. The van der Waals surface area contributed by atoms with Crippen LogP contribution in [0.3, 0.4) is 0 Å². The Labute approximate surface area is 130 Å². The third-order valence-corrected chi connectivity index (χ3v) is 0. The van der Waals surface area contributed by atoms with Gasteiger partial charge in [-0.1, -0.05) is 0 Å². The second-order valence-corrected chi connectivity index (χ2v) is 0.354. The minimum absolute atomic E-state index is 0. The molecule has 0 aromatic rings. The van der Waals surface area contributed by atoms with Gasteiger partial charge >= 0.3 is 0 Å². The van der Waals surface area contributed by atoms with Crippen molar-refractivity contribution in [3.05, 3.63) is 28.7 Å². The normalized spacial score (nSPS) is 2.25. The molecule has 0 aliphatic heterocycles. The van der Waals surface area contributed by atoms with Crippen molar-refractivity contribution < 1.29 is 98.1 Å². The average Bonchev–Trinajstić information content (AvgIpc) is 0.918. The summed E-state index contributed by atoms with van der Waals surface area (Å²) in [6.07, 6.45) is 0.750. The quantitative estimate of drug-likeness (QED) is 0.592. The van der Waals surface area contributed by atoms with Crippen molar-refractivity contribution in [2.45, 2.75) is 6.42 Å². The van der Waals surface area contributed by atoms with Gasteiger partial charge in [0.1, 0.15) is 0 Å². The second kappa shape index (κ2) is 48.1. The van der Waals surface area contributed by atoms with Crippen LogP contribution in [0.4, 0.5) is 0 Å². The van der Waals surface area contributed by atoms with E-state index in [9.17, 15) is 0 Å². The molecule has 0 bridgehead atoms. The van der Waals surface area contributed by atoms with Crippen LogP contribution in [-0.4, -0.2) is 0 Å². The first-order valence-corrected chi connectivity index (χ1v) is 1.000. The van der Waals surface area contributed by atoms with Crippen LogP contribution in [0, 0.1) is 28.7 Å². The molecular formula is C5H12Y3-4. The molecule has 0 aliphatic rings. The summed E-state index contributed by atoms with van der Waals surface area (Å²) in [4.78, 5) is 0. The van der Waals surface area contributed by atoms with Crippen LogP contribution in [0.25, 0.3) is 0 Å². The molecule has 0 aromatic carbocycles. The predicted octanol–water partition coefficient (Wildman–Crippen LogP) is 1.94. The van der Waals surface area contributed by atoms with Crippen LogP contribution >= 0.6 is 0 Å². The molecule has 3 heteroatoms. The molecule has 0 saturated heterocycles. The second-order valence-electron chi connectivity index (χ2n) is 0.354. The fourth-order valence-electron chi connectivity index (χ4n) is 0. The van der Waals surface area contributed by atoms with E-state index in [1.807, 2.05) is 0 Å². The molecule has 45 valence electrons. The van der Waals surface area contributed by atoms with E-state index in [4.69, 9.17) is 0 Å². The Morgan fingerprint density at radius 1 is 0.750 bits per heavy atom. The molecule has 0 fully saturated rings. The first-order valence-electron chi connectivity index (χ1n) is 1.000. The van der Waals surface area contributed by atoms with Crippen molar-refractivity contribution in [1.29, 1.82) is 0 Å². The SMILES string of the molecule is [CH2-]C[CH2-].[CH3-].[CH3-].[Y].[Y].[Y]. The van der Waals surface area contributed by atoms with Gasteiger partial charge in [-0.25, -0.2) is 0 Å². The molecular weight excluding hydrogens is 327 g/mol. The molecule has 0 heterocycles. The molecule has 0 N–H and O–H groups in total. The molecule has 0 atom stereocenters. The monoisotopic (exact) mass is 339 g/mol. The summed E-state index contributed by atoms with van der Waals surface area (Å²) in [7, 11) is 0. The molecule has 0 saturated carbocycles. The molecule has 0 rings (SSSR count). The number of hydrogen-bond donors (Lipinski definition) is 0. The summed E-state index contributed by atoms with van der Waals surface area (Å²) in [6.45, 7) is 6.75. The standard InChI is InChI=1S/C3H6.2CH3.3Y/c1-3-2;;;;;/h1-3H2;2*1H3;;;/q-2;2*-1;;;. The van der Waals surface area contributed by atoms with E-state index in [0.29, 0.717) is 0 Å². The summed E-state index contributed by atoms with van der Waals surface area (Å²) in [5.41, 5.74) is 0. The summed E-state index contributed by atoms with van der Waals surface area (Å²) >= 11 is 0. The fourth-order valence-corrected chi connectivity index (χ4v) is 0. The van der Waals surface area contributed by atoms with E-state index in [-0.39, 0.29) is 113 Å². The number of hydrogen-bond acceptors (Lipinski definition) is 0. The zero-order chi connectivity index (χ0) is 2.71. The molecule has 0 unspecified atom stereocenters. The first kappa shape index (κ1) is 42.6. The Hall–Kier alpha value is 3.31. The van der Waals surface area contributed by atoms with Crippen LogP contribution in [0.2, 0.25) is 0 Å². The van der Waals surface area contributed by atoms with Gasteiger partial charge in [-0.15, -0.1) is 0 Å². The third-order valence-electron chi connectivity index (χ3n) is 0. The summed E-state index contributed by atoms with van der Waals surface area (Å²) in [5.74, 6) is 0. The summed E-state index contributed by atoms with van der Waals surface area (Å²) in [6, 6.07) is 0. The van der Waals surface area contributed by atoms with Crippen LogP contribution in [0.5, 0.6) is 0 Å². The Morgan fingerprint density at radius 3 is 0.750 bits per heavy atom. The molecule has 0 amide bonds. The third kappa shape index (κ3) is 58.7. The Morgan fingerprint density at radius 2 is 0.750 bits per heavy atom. The Bertz CT molecular complexity index is 7.64. The summed E-state index contributed by atoms with van der Waals surface area (Å²) < 4.78 is 0. The van der Waals surface area contributed by atoms with Crippen LogP contribution in [-0.2, 0) is 98.1 Å². The van der Waals surface area contributed by atoms with Gasteiger partial charge in [0.2, 0.25) is 0 Å². The first-order chi connectivity index (χ1) is 1.41. The molecule has 0 aromatic heterocycles. The minimum Gasteiger partial charge on any atom is -0.372 e. The van der Waals surface area contributed by atoms with Crippen molar-refractivity contribution in [3.8, 4) is 0 Å². The van der Waals surface area contributed by atoms with Gasteiger partial charge < -0.3 is 35.1 Å². The number of rotatable bonds is 0. The van der Waals surface area contributed by atoms with Gasteiger partial charge in [0.05, 0.1) is 0 Å². The molecule has 8 heavy (non-hydrogen) atoms. The van der Waals surface area contributed by atoms with Gasteiger partial charge in [0, 0.05) is 98.1 Å². The fraction of sp³-hybridized carbons (Fsp3) is 0.200. The van der Waals surface area contributed by atoms with Crippen molar-refractivity contribution in [2.24, 2.45) is 0 Å². The largest absolute Gasteiger partial charge is 0.372 e. The molecule has 0 aliphatic carbocycles. The Balaban J connectivity index is -0.00000000200. The average molecular weight is 339 g/mol. The van der Waals surface area contributed by atoms with Gasteiger partial charge in [-0.3, -0.25) is 0 Å². The van der Waals surface area contributed by atoms with Gasteiger partial charge in [0.15, 0.2) is 0 Å². The molecule has 0 nitrogen and oxygen atoms in total. The van der Waals surface area contributed by atoms with Crippen LogP contribution in [0.15, 0.2) is 0 Å². The van der Waals surface area contributed by atoms with Crippen molar-refractivity contribution in [2.75, 3.05) is 0 Å². The minimum atomic E-state index is 0. The van der Waals surface area contributed by atoms with Crippen molar-refractivity contribution in [3.63, 3.8) is 0 Å². The van der Waals surface area contributed by atoms with Gasteiger partial charge in [0.25, 0.3) is 0 Å². The van der Waals surface area contributed by atoms with E-state index in [1.54, 1.807) is 0 Å². The predicted molar refractivity (Wildman–Crippen MR) is 28.2 cm³/mol. The smallest absolute Gasteiger partial charge is 0 e. The molecule has 0 spiro atoms. The zero-order valence-electron chi connectivity index (χ0n) is 5.85. The summed E-state index contributed by atoms with van der Waals surface area (Å²) in [5, 5.41) is 0. The van der Waals surface area contributed by atoms with Crippen LogP contribution in [0.1, 0.15) is 6.42 Å². The molecule has 3 radical (unpaired) electrons. The van der Waals surface area contributed by atoms with Crippen molar-refractivity contribution in [1.82, 2.24) is 0 Å². The van der Waals surface area contributed by atoms with E-state index in [0.717, 1.165) is 6.42 Å². The van der Waals surface area contributed by atoms with Crippen molar-refractivity contribution >= 4 is 0 Å². The van der Waals surface area contributed by atoms with Crippen LogP contribution < -0.4 is 0 Å². The van der Waals surface area contributed by atoms with Gasteiger partial charge in [-0.2, -0.15) is 0 Å². The zero-order valence-corrected chi connectivity index (χ0v) is 14.4. The van der Waals surface area contributed by atoms with E-state index in [2.05, 4.69) is 13.8 Å². The van der Waals surface area contributed by atoms with E-state index < -0.39 is 0 Å². The van der Waals surface area contributed by atoms with Gasteiger partial charge in [-0.05, 0) is 0 Å². The maximum absolute atomic E-state index is 3.38. The maximum Gasteiger partial charge on any atom is 0 e.